The highest BCUT2D eigenvalue weighted by atomic mass is 16.5. The van der Waals surface area contributed by atoms with E-state index in [4.69, 9.17) is 15.2 Å². The Morgan fingerprint density at radius 3 is 2.62 bits per heavy atom. The van der Waals surface area contributed by atoms with Crippen LogP contribution in [0.5, 0.6) is 11.5 Å². The molecule has 0 radical (unpaired) electrons. The minimum atomic E-state index is 0.104. The van der Waals surface area contributed by atoms with E-state index in [0.29, 0.717) is 0 Å². The molecule has 3 N–H and O–H groups in total. The predicted octanol–water partition coefficient (Wildman–Crippen LogP) is 3.91. The molecule has 6 heteroatoms. The van der Waals surface area contributed by atoms with Gasteiger partial charge in [0, 0.05) is 49.3 Å². The number of allylic oxidation sites excluding steroid dienone is 1. The lowest BCUT2D eigenvalue weighted by Gasteiger charge is -2.44. The van der Waals surface area contributed by atoms with Crippen LogP contribution in [0.1, 0.15) is 42.0 Å². The maximum Gasteiger partial charge on any atom is 0.146 e. The SMILES string of the molecule is C=C(C1=NNCC1)c1cc(OC)cc(OC)c1N1CCC2(CC1)Cc1ccccc1[C@H]2N. The number of piperidine rings is 1. The lowest BCUT2D eigenvalue weighted by Crippen LogP contribution is -2.44. The van der Waals surface area contributed by atoms with Crippen LogP contribution in [0.3, 0.4) is 0 Å². The molecule has 2 aliphatic heterocycles. The minimum Gasteiger partial charge on any atom is -0.497 e. The van der Waals surface area contributed by atoms with E-state index >= 15 is 0 Å². The van der Waals surface area contributed by atoms with Crippen LogP contribution in [0, 0.1) is 5.41 Å². The van der Waals surface area contributed by atoms with Crippen molar-refractivity contribution in [2.75, 3.05) is 38.8 Å². The van der Waals surface area contributed by atoms with Gasteiger partial charge in [-0.1, -0.05) is 30.8 Å². The number of ether oxygens (including phenoxy) is 2. The number of fused-ring (bicyclic) bond motifs is 1. The van der Waals surface area contributed by atoms with Crippen molar-refractivity contribution < 1.29 is 9.47 Å². The normalized spacial score (nSPS) is 21.2. The number of hydrazone groups is 1. The monoisotopic (exact) mass is 432 g/mol. The fraction of sp³-hybridized carbons (Fsp3) is 0.423. The highest BCUT2D eigenvalue weighted by molar-refractivity contribution is 6.25. The van der Waals surface area contributed by atoms with Crippen LogP contribution in [-0.2, 0) is 6.42 Å². The van der Waals surface area contributed by atoms with Crippen molar-refractivity contribution in [3.63, 3.8) is 0 Å². The molecule has 1 atom stereocenters. The highest BCUT2D eigenvalue weighted by Crippen LogP contribution is 2.52. The molecule has 0 bridgehead atoms. The van der Waals surface area contributed by atoms with Gasteiger partial charge in [0.1, 0.15) is 11.5 Å². The summed E-state index contributed by atoms with van der Waals surface area (Å²) in [6.07, 6.45) is 4.03. The van der Waals surface area contributed by atoms with E-state index in [0.717, 1.165) is 79.4 Å². The molecule has 1 spiro atoms. The van der Waals surface area contributed by atoms with Crippen LogP contribution >= 0.6 is 0 Å². The first-order valence-electron chi connectivity index (χ1n) is 11.4. The smallest absolute Gasteiger partial charge is 0.146 e. The van der Waals surface area contributed by atoms with E-state index in [1.165, 1.54) is 11.1 Å². The molecule has 5 rings (SSSR count). The summed E-state index contributed by atoms with van der Waals surface area (Å²) in [5, 5.41) is 4.45. The van der Waals surface area contributed by atoms with E-state index in [2.05, 4.69) is 52.3 Å². The number of hydrogen-bond donors (Lipinski definition) is 2. The van der Waals surface area contributed by atoms with Gasteiger partial charge in [-0.25, -0.2) is 0 Å². The molecule has 3 aliphatic rings. The summed E-state index contributed by atoms with van der Waals surface area (Å²) in [5.41, 5.74) is 16.7. The van der Waals surface area contributed by atoms with E-state index < -0.39 is 0 Å². The number of nitrogens with zero attached hydrogens (tertiary/aromatic N) is 2. The Bertz CT molecular complexity index is 1070. The lowest BCUT2D eigenvalue weighted by atomic mass is 9.73. The molecule has 1 saturated heterocycles. The van der Waals surface area contributed by atoms with E-state index in [1.807, 2.05) is 6.07 Å². The second-order valence-corrected chi connectivity index (χ2v) is 9.12. The van der Waals surface area contributed by atoms with Crippen molar-refractivity contribution in [2.45, 2.75) is 31.7 Å². The van der Waals surface area contributed by atoms with Crippen LogP contribution in [0.25, 0.3) is 5.57 Å². The first-order valence-corrected chi connectivity index (χ1v) is 11.4. The molecule has 2 aromatic rings. The van der Waals surface area contributed by atoms with Crippen molar-refractivity contribution in [1.82, 2.24) is 5.43 Å². The number of benzene rings is 2. The van der Waals surface area contributed by atoms with Gasteiger partial charge in [0.25, 0.3) is 0 Å². The summed E-state index contributed by atoms with van der Waals surface area (Å²) in [6, 6.07) is 12.8. The molecule has 2 aromatic carbocycles. The lowest BCUT2D eigenvalue weighted by molar-refractivity contribution is 0.187. The third kappa shape index (κ3) is 3.34. The molecule has 6 nitrogen and oxygen atoms in total. The molecule has 32 heavy (non-hydrogen) atoms. The largest absolute Gasteiger partial charge is 0.497 e. The van der Waals surface area contributed by atoms with Crippen molar-refractivity contribution in [2.24, 2.45) is 16.3 Å². The van der Waals surface area contributed by atoms with Gasteiger partial charge in [0.15, 0.2) is 0 Å². The van der Waals surface area contributed by atoms with Crippen LogP contribution in [0.4, 0.5) is 5.69 Å². The molecule has 0 amide bonds. The second kappa shape index (κ2) is 8.17. The third-order valence-electron chi connectivity index (χ3n) is 7.53. The number of nitrogens with one attached hydrogen (secondary N) is 1. The molecule has 1 aliphatic carbocycles. The Labute approximate surface area is 190 Å². The number of nitrogens with two attached hydrogens (primary N) is 1. The predicted molar refractivity (Wildman–Crippen MR) is 130 cm³/mol. The Morgan fingerprint density at radius 1 is 1.19 bits per heavy atom. The minimum absolute atomic E-state index is 0.104. The molecule has 0 unspecified atom stereocenters. The molecule has 0 aromatic heterocycles. The summed E-state index contributed by atoms with van der Waals surface area (Å²) in [5.74, 6) is 1.57. The van der Waals surface area contributed by atoms with Crippen molar-refractivity contribution in [3.05, 3.63) is 59.7 Å². The van der Waals surface area contributed by atoms with Gasteiger partial charge in [-0.3, -0.25) is 0 Å². The summed E-state index contributed by atoms with van der Waals surface area (Å²) in [6.45, 7) is 7.09. The zero-order valence-electron chi connectivity index (χ0n) is 19.0. The van der Waals surface area contributed by atoms with Gasteiger partial charge < -0.3 is 25.5 Å². The Kier molecular flexibility index (Phi) is 5.33. The molecule has 168 valence electrons. The number of hydrogen-bond acceptors (Lipinski definition) is 6. The highest BCUT2D eigenvalue weighted by Gasteiger charge is 2.46. The van der Waals surface area contributed by atoms with Gasteiger partial charge in [-0.2, -0.15) is 5.10 Å². The fourth-order valence-corrected chi connectivity index (χ4v) is 5.65. The molecular weight excluding hydrogens is 400 g/mol. The summed E-state index contributed by atoms with van der Waals surface area (Å²) in [7, 11) is 3.40. The Balaban J connectivity index is 1.46. The zero-order valence-corrected chi connectivity index (χ0v) is 19.0. The van der Waals surface area contributed by atoms with Gasteiger partial charge in [-0.15, -0.1) is 0 Å². The Morgan fingerprint density at radius 2 is 1.97 bits per heavy atom. The number of rotatable bonds is 5. The second-order valence-electron chi connectivity index (χ2n) is 9.12. The fourth-order valence-electron chi connectivity index (χ4n) is 5.65. The van der Waals surface area contributed by atoms with E-state index in [-0.39, 0.29) is 11.5 Å². The van der Waals surface area contributed by atoms with Gasteiger partial charge >= 0.3 is 0 Å². The van der Waals surface area contributed by atoms with E-state index in [1.54, 1.807) is 14.2 Å². The van der Waals surface area contributed by atoms with Crippen molar-refractivity contribution in [3.8, 4) is 11.5 Å². The van der Waals surface area contributed by atoms with Gasteiger partial charge in [-0.05, 0) is 41.9 Å². The third-order valence-corrected chi connectivity index (χ3v) is 7.53. The van der Waals surface area contributed by atoms with Crippen molar-refractivity contribution in [1.29, 1.82) is 0 Å². The van der Waals surface area contributed by atoms with Crippen LogP contribution < -0.4 is 25.5 Å². The number of methoxy groups -OCH3 is 2. The first kappa shape index (κ1) is 20.9. The summed E-state index contributed by atoms with van der Waals surface area (Å²) in [4.78, 5) is 2.43. The number of anilines is 1. The maximum atomic E-state index is 6.80. The van der Waals surface area contributed by atoms with Gasteiger partial charge in [0.05, 0.1) is 25.6 Å². The van der Waals surface area contributed by atoms with Gasteiger partial charge in [0.2, 0.25) is 0 Å². The van der Waals surface area contributed by atoms with Crippen molar-refractivity contribution >= 4 is 17.0 Å². The molecular formula is C26H32N4O2. The van der Waals surface area contributed by atoms with E-state index in [9.17, 15) is 0 Å². The topological polar surface area (TPSA) is 72.1 Å². The first-order chi connectivity index (χ1) is 15.6. The quantitative estimate of drug-likeness (QED) is 0.750. The molecule has 2 heterocycles. The average molecular weight is 433 g/mol. The van der Waals surface area contributed by atoms with Crippen LogP contribution in [-0.4, -0.2) is 39.6 Å². The molecule has 0 saturated carbocycles. The standard InChI is InChI=1S/C26H32N4O2/c1-17(22-8-11-28-29-22)21-14-19(31-2)15-23(32-3)24(21)30-12-9-26(10-13-30)16-18-6-4-5-7-20(18)25(26)27/h4-7,14-15,25,28H,1,8-13,16,27H2,2-3H3/t25-/m1/s1. The Hall–Kier alpha value is -2.99. The zero-order chi connectivity index (χ0) is 22.3. The maximum absolute atomic E-state index is 6.80. The van der Waals surface area contributed by atoms with Crippen LogP contribution in [0.2, 0.25) is 0 Å². The average Bonchev–Trinajstić information content (AvgIpc) is 3.46. The summed E-state index contributed by atoms with van der Waals surface area (Å²) >= 11 is 0. The summed E-state index contributed by atoms with van der Waals surface area (Å²) < 4.78 is 11.4. The van der Waals surface area contributed by atoms with Crippen LogP contribution in [0.15, 0.2) is 48.1 Å². The molecule has 1 fully saturated rings.